The monoisotopic (exact) mass is 420 g/mol. The quantitative estimate of drug-likeness (QED) is 0.722. The second-order valence-electron chi connectivity index (χ2n) is 6.75. The van der Waals surface area contributed by atoms with Crippen molar-refractivity contribution >= 4 is 40.4 Å². The van der Waals surface area contributed by atoms with E-state index in [4.69, 9.17) is 11.6 Å². The second kappa shape index (κ2) is 10.0. The lowest BCUT2D eigenvalue weighted by Gasteiger charge is -2.34. The summed E-state index contributed by atoms with van der Waals surface area (Å²) in [6, 6.07) is 11.0. The highest BCUT2D eigenvalue weighted by Gasteiger charge is 2.19. The van der Waals surface area contributed by atoms with Crippen molar-refractivity contribution in [2.75, 3.05) is 44.6 Å². The van der Waals surface area contributed by atoms with Crippen LogP contribution in [0, 0.1) is 0 Å². The molecule has 2 aromatic rings. The van der Waals surface area contributed by atoms with Crippen LogP contribution in [0.5, 0.6) is 0 Å². The molecule has 6 nitrogen and oxygen atoms in total. The molecule has 1 aliphatic heterocycles. The van der Waals surface area contributed by atoms with Gasteiger partial charge in [-0.3, -0.25) is 19.4 Å². The number of carbonyl (C=O) groups is 2. The molecule has 1 saturated heterocycles. The van der Waals surface area contributed by atoms with Crippen molar-refractivity contribution < 1.29 is 9.59 Å². The molecule has 1 aromatic heterocycles. The number of piperazine rings is 1. The summed E-state index contributed by atoms with van der Waals surface area (Å²) in [6.07, 6.45) is 0. The van der Waals surface area contributed by atoms with Crippen LogP contribution in [0.25, 0.3) is 0 Å². The molecule has 8 heteroatoms. The van der Waals surface area contributed by atoms with E-state index in [0.29, 0.717) is 24.3 Å². The van der Waals surface area contributed by atoms with Gasteiger partial charge in [0.25, 0.3) is 5.91 Å². The summed E-state index contributed by atoms with van der Waals surface area (Å²) in [6.45, 7) is 7.26. The van der Waals surface area contributed by atoms with Crippen LogP contribution in [-0.4, -0.2) is 60.9 Å². The predicted octanol–water partition coefficient (Wildman–Crippen LogP) is 2.91. The number of halogens is 1. The molecule has 0 saturated carbocycles. The lowest BCUT2D eigenvalue weighted by molar-refractivity contribution is -0.117. The third-order valence-corrected chi connectivity index (χ3v) is 5.80. The van der Waals surface area contributed by atoms with Crippen LogP contribution in [0.4, 0.5) is 5.69 Å². The van der Waals surface area contributed by atoms with Gasteiger partial charge in [-0.05, 0) is 37.3 Å². The maximum atomic E-state index is 12.4. The third kappa shape index (κ3) is 6.04. The Morgan fingerprint density at radius 2 is 1.86 bits per heavy atom. The molecule has 0 spiro atoms. The van der Waals surface area contributed by atoms with Crippen molar-refractivity contribution in [2.45, 2.75) is 13.5 Å². The van der Waals surface area contributed by atoms with Crippen molar-refractivity contribution in [1.29, 1.82) is 0 Å². The summed E-state index contributed by atoms with van der Waals surface area (Å²) in [5, 5.41) is 5.65. The highest BCUT2D eigenvalue weighted by atomic mass is 35.5. The molecule has 2 N–H and O–H groups in total. The smallest absolute Gasteiger partial charge is 0.251 e. The molecule has 0 aliphatic carbocycles. The van der Waals surface area contributed by atoms with Gasteiger partial charge in [-0.15, -0.1) is 11.3 Å². The normalized spacial score (nSPS) is 15.4. The van der Waals surface area contributed by atoms with E-state index in [1.54, 1.807) is 35.6 Å². The van der Waals surface area contributed by atoms with Crippen LogP contribution in [-0.2, 0) is 11.3 Å². The van der Waals surface area contributed by atoms with Gasteiger partial charge in [0.15, 0.2) is 0 Å². The maximum absolute atomic E-state index is 12.4. The molecular formula is C20H25ClN4O2S. The van der Waals surface area contributed by atoms with Crippen molar-refractivity contribution in [2.24, 2.45) is 0 Å². The third-order valence-electron chi connectivity index (χ3n) is 4.59. The number of hydrogen-bond donors (Lipinski definition) is 2. The predicted molar refractivity (Wildman–Crippen MR) is 114 cm³/mol. The molecule has 0 bridgehead atoms. The van der Waals surface area contributed by atoms with E-state index in [1.165, 1.54) is 4.88 Å². The zero-order valence-corrected chi connectivity index (χ0v) is 17.5. The Bertz CT molecular complexity index is 818. The van der Waals surface area contributed by atoms with E-state index in [-0.39, 0.29) is 11.8 Å². The lowest BCUT2D eigenvalue weighted by atomic mass is 10.2. The van der Waals surface area contributed by atoms with Crippen molar-refractivity contribution in [3.8, 4) is 0 Å². The fraction of sp³-hybridized carbons (Fsp3) is 0.400. The summed E-state index contributed by atoms with van der Waals surface area (Å²) >= 11 is 7.61. The molecular weight excluding hydrogens is 396 g/mol. The van der Waals surface area contributed by atoms with Crippen molar-refractivity contribution in [3.63, 3.8) is 0 Å². The minimum atomic E-state index is -0.137. The van der Waals surface area contributed by atoms with Crippen molar-refractivity contribution in [3.05, 3.63) is 51.2 Å². The fourth-order valence-corrected chi connectivity index (χ4v) is 4.30. The standard InChI is InChI=1S/C20H25ClN4O2S/c1-2-22-20(27)15-4-3-5-16(12-15)23-19(26)14-25-10-8-24(9-11-25)13-17-6-7-18(21)28-17/h3-7,12H,2,8-11,13-14H2,1H3,(H,22,27)(H,23,26). The van der Waals surface area contributed by atoms with Gasteiger partial charge in [-0.1, -0.05) is 17.7 Å². The van der Waals surface area contributed by atoms with Gasteiger partial charge in [0.2, 0.25) is 5.91 Å². The van der Waals surface area contributed by atoms with Gasteiger partial charge in [0.1, 0.15) is 0 Å². The van der Waals surface area contributed by atoms with Gasteiger partial charge in [-0.2, -0.15) is 0 Å². The first-order valence-corrected chi connectivity index (χ1v) is 10.6. The number of benzene rings is 1. The first-order chi connectivity index (χ1) is 13.5. The van der Waals surface area contributed by atoms with E-state index in [1.807, 2.05) is 13.0 Å². The zero-order chi connectivity index (χ0) is 19.9. The topological polar surface area (TPSA) is 64.7 Å². The summed E-state index contributed by atoms with van der Waals surface area (Å²) in [5.74, 6) is -0.201. The maximum Gasteiger partial charge on any atom is 0.251 e. The van der Waals surface area contributed by atoms with Crippen LogP contribution >= 0.6 is 22.9 Å². The van der Waals surface area contributed by atoms with Crippen molar-refractivity contribution in [1.82, 2.24) is 15.1 Å². The van der Waals surface area contributed by atoms with Gasteiger partial charge >= 0.3 is 0 Å². The lowest BCUT2D eigenvalue weighted by Crippen LogP contribution is -2.48. The number of nitrogens with zero attached hydrogens (tertiary/aromatic N) is 2. The Labute approximate surface area is 174 Å². The molecule has 28 heavy (non-hydrogen) atoms. The Balaban J connectivity index is 1.44. The fourth-order valence-electron chi connectivity index (χ4n) is 3.17. The number of thiophene rings is 1. The average molecular weight is 421 g/mol. The number of hydrogen-bond acceptors (Lipinski definition) is 5. The van der Waals surface area contributed by atoms with Crippen LogP contribution < -0.4 is 10.6 Å². The average Bonchev–Trinajstić information content (AvgIpc) is 3.08. The Morgan fingerprint density at radius 3 is 2.54 bits per heavy atom. The second-order valence-corrected chi connectivity index (χ2v) is 8.55. The van der Waals surface area contributed by atoms with E-state index in [9.17, 15) is 9.59 Å². The summed E-state index contributed by atoms with van der Waals surface area (Å²) in [5.41, 5.74) is 1.18. The minimum absolute atomic E-state index is 0.0634. The molecule has 3 rings (SSSR count). The summed E-state index contributed by atoms with van der Waals surface area (Å²) in [7, 11) is 0. The van der Waals surface area contributed by atoms with Crippen LogP contribution in [0.3, 0.4) is 0 Å². The number of carbonyl (C=O) groups excluding carboxylic acids is 2. The molecule has 1 aliphatic rings. The Kier molecular flexibility index (Phi) is 7.44. The number of rotatable bonds is 7. The van der Waals surface area contributed by atoms with Gasteiger partial charge < -0.3 is 10.6 Å². The zero-order valence-electron chi connectivity index (χ0n) is 15.9. The van der Waals surface area contributed by atoms with E-state index >= 15 is 0 Å². The number of nitrogens with one attached hydrogen (secondary N) is 2. The van der Waals surface area contributed by atoms with Crippen LogP contribution in [0.15, 0.2) is 36.4 Å². The van der Waals surface area contributed by atoms with Gasteiger partial charge in [0.05, 0.1) is 10.9 Å². The molecule has 150 valence electrons. The molecule has 2 heterocycles. The largest absolute Gasteiger partial charge is 0.352 e. The molecule has 1 fully saturated rings. The van der Waals surface area contributed by atoms with E-state index in [2.05, 4.69) is 26.5 Å². The number of anilines is 1. The summed E-state index contributed by atoms with van der Waals surface area (Å²) < 4.78 is 0.821. The summed E-state index contributed by atoms with van der Waals surface area (Å²) in [4.78, 5) is 30.1. The first kappa shape index (κ1) is 20.8. The first-order valence-electron chi connectivity index (χ1n) is 9.40. The van der Waals surface area contributed by atoms with E-state index < -0.39 is 0 Å². The van der Waals surface area contributed by atoms with E-state index in [0.717, 1.165) is 37.1 Å². The molecule has 1 aromatic carbocycles. The Morgan fingerprint density at radius 1 is 1.11 bits per heavy atom. The number of amides is 2. The van der Waals surface area contributed by atoms with Gasteiger partial charge in [0, 0.05) is 55.4 Å². The molecule has 0 radical (unpaired) electrons. The SMILES string of the molecule is CCNC(=O)c1cccc(NC(=O)CN2CCN(Cc3ccc(Cl)s3)CC2)c1. The molecule has 0 atom stereocenters. The molecule has 0 unspecified atom stereocenters. The minimum Gasteiger partial charge on any atom is -0.352 e. The van der Waals surface area contributed by atoms with Crippen LogP contribution in [0.2, 0.25) is 4.34 Å². The van der Waals surface area contributed by atoms with Gasteiger partial charge in [-0.25, -0.2) is 0 Å². The highest BCUT2D eigenvalue weighted by molar-refractivity contribution is 7.16. The molecule has 2 amide bonds. The highest BCUT2D eigenvalue weighted by Crippen LogP contribution is 2.23. The Hall–Kier alpha value is -1.93. The van der Waals surface area contributed by atoms with Crippen LogP contribution in [0.1, 0.15) is 22.2 Å².